The van der Waals surface area contributed by atoms with Gasteiger partial charge in [-0.1, -0.05) is 0 Å². The second-order valence-electron chi connectivity index (χ2n) is 12.8. The van der Waals surface area contributed by atoms with Crippen molar-refractivity contribution in [2.24, 2.45) is 0 Å². The number of phenolic OH excluding ortho intramolecular Hbond substituents is 1. The van der Waals surface area contributed by atoms with E-state index >= 15 is 0 Å². The number of aromatic hydroxyl groups is 1. The number of hydrogen-bond acceptors (Lipinski definition) is 18. The zero-order chi connectivity index (χ0) is 37.6. The number of fused-ring (bicyclic) bond motifs is 1. The molecule has 0 saturated carbocycles. The topological polar surface area (TPSA) is 274 Å². The molecule has 3 aromatic rings. The lowest BCUT2D eigenvalue weighted by Gasteiger charge is -2.45. The van der Waals surface area contributed by atoms with Gasteiger partial charge in [-0.25, -0.2) is 0 Å². The molecule has 14 atom stereocenters. The summed E-state index contributed by atoms with van der Waals surface area (Å²) in [6, 6.07) is 9.53. The normalized spacial score (nSPS) is 36.7. The van der Waals surface area contributed by atoms with Crippen LogP contribution in [0.4, 0.5) is 0 Å². The van der Waals surface area contributed by atoms with Crippen molar-refractivity contribution in [1.29, 1.82) is 0 Å². The molecule has 284 valence electrons. The van der Waals surface area contributed by atoms with E-state index in [4.69, 9.17) is 37.6 Å². The molecule has 52 heavy (non-hydrogen) atoms. The Kier molecular flexibility index (Phi) is 11.1. The highest BCUT2D eigenvalue weighted by molar-refractivity contribution is 5.83. The number of phenols is 1. The lowest BCUT2D eigenvalue weighted by atomic mass is 9.98. The van der Waals surface area contributed by atoms with Crippen LogP contribution in [-0.4, -0.2) is 139 Å². The minimum Gasteiger partial charge on any atom is -0.508 e. The first kappa shape index (κ1) is 37.8. The summed E-state index contributed by atoms with van der Waals surface area (Å²) in [7, 11) is 0. The number of rotatable bonds is 8. The average Bonchev–Trinajstić information content (AvgIpc) is 3.11. The van der Waals surface area contributed by atoms with Crippen molar-refractivity contribution in [3.8, 4) is 28.6 Å². The summed E-state index contributed by atoms with van der Waals surface area (Å²) in [5.74, 6) is -1.43. The highest BCUT2D eigenvalue weighted by Gasteiger charge is 2.51. The molecule has 2 aromatic carbocycles. The molecule has 3 aliphatic rings. The Morgan fingerprint density at radius 3 is 2.10 bits per heavy atom. The molecule has 8 N–H and O–H groups in total. The molecule has 0 bridgehead atoms. The van der Waals surface area contributed by atoms with Crippen LogP contribution in [0.25, 0.3) is 22.3 Å². The van der Waals surface area contributed by atoms with Gasteiger partial charge in [0.25, 0.3) is 0 Å². The van der Waals surface area contributed by atoms with Gasteiger partial charge in [0.1, 0.15) is 65.9 Å². The summed E-state index contributed by atoms with van der Waals surface area (Å²) < 4.78 is 45.9. The summed E-state index contributed by atoms with van der Waals surface area (Å²) >= 11 is 0. The predicted octanol–water partition coefficient (Wildman–Crippen LogP) is -1.39. The van der Waals surface area contributed by atoms with Crippen LogP contribution in [-0.2, 0) is 28.5 Å². The summed E-state index contributed by atoms with van der Waals surface area (Å²) in [5, 5.41) is 82.6. The number of esters is 1. The number of ether oxygens (including phenoxy) is 7. The Balaban J connectivity index is 1.35. The Bertz CT molecular complexity index is 1780. The van der Waals surface area contributed by atoms with E-state index in [0.29, 0.717) is 0 Å². The molecule has 6 rings (SSSR count). The molecule has 4 heterocycles. The smallest absolute Gasteiger partial charge is 0.303 e. The minimum atomic E-state index is -1.84. The van der Waals surface area contributed by atoms with Crippen LogP contribution in [0.2, 0.25) is 0 Å². The molecule has 3 saturated heterocycles. The Hall–Kier alpha value is -3.92. The van der Waals surface area contributed by atoms with E-state index < -0.39 is 110 Å². The van der Waals surface area contributed by atoms with Gasteiger partial charge in [0.15, 0.2) is 18.2 Å². The standard InChI is InChI=1S/C34H40O18/c1-12-21(38)24(41)26(43)33(46-12)49-17-8-9-18-20(10-17)50-29(15-4-6-16(36)7-5-15)30(22(18)39)52-34-27(44)31(28(13(2)47-34)48-14(3)35)51-32-25(42)23(40)19(37)11-45-32/h4-10,12-13,19,21,23-28,31-34,36-38,40-44H,11H2,1-3H3/t12-,13-,19+,21-,23-,24+,25+,26-,27-,28-,31-,32+,33+,34+/m0/s1. The third kappa shape index (κ3) is 7.45. The van der Waals surface area contributed by atoms with Gasteiger partial charge in [0.05, 0.1) is 24.2 Å². The van der Waals surface area contributed by atoms with Gasteiger partial charge in [-0.15, -0.1) is 0 Å². The van der Waals surface area contributed by atoms with Crippen molar-refractivity contribution in [3.05, 3.63) is 52.7 Å². The first-order chi connectivity index (χ1) is 24.6. The maximum Gasteiger partial charge on any atom is 0.303 e. The quantitative estimate of drug-likeness (QED) is 0.124. The molecule has 3 aliphatic heterocycles. The van der Waals surface area contributed by atoms with Gasteiger partial charge < -0.3 is 78.4 Å². The molecule has 1 aromatic heterocycles. The monoisotopic (exact) mass is 736 g/mol. The highest BCUT2D eigenvalue weighted by atomic mass is 16.7. The van der Waals surface area contributed by atoms with Crippen molar-refractivity contribution in [2.75, 3.05) is 6.61 Å². The SMILES string of the molecule is CC(=O)O[C@@H]1[C@@H](O[C@H]2OC[C@@H](O)[C@H](O)[C@H]2O)[C@H](O)[C@@H](Oc2c(-c3ccc(O)cc3)oc3cc(O[C@H]4O[C@@H](C)[C@H](O)[C@@H](O)[C@@H]4O)ccc3c2=O)O[C@H]1C. The third-order valence-corrected chi connectivity index (χ3v) is 9.04. The molecule has 18 nitrogen and oxygen atoms in total. The maximum atomic E-state index is 14.1. The predicted molar refractivity (Wildman–Crippen MR) is 172 cm³/mol. The van der Waals surface area contributed by atoms with Gasteiger partial charge in [-0.05, 0) is 50.2 Å². The van der Waals surface area contributed by atoms with Crippen molar-refractivity contribution >= 4 is 16.9 Å². The van der Waals surface area contributed by atoms with Crippen LogP contribution >= 0.6 is 0 Å². The summed E-state index contributed by atoms with van der Waals surface area (Å²) in [6.07, 6.45) is -20.6. The van der Waals surface area contributed by atoms with Crippen molar-refractivity contribution < 1.29 is 83.2 Å². The van der Waals surface area contributed by atoms with E-state index in [0.717, 1.165) is 6.92 Å². The number of carbonyl (C=O) groups excluding carboxylic acids is 1. The van der Waals surface area contributed by atoms with Crippen LogP contribution in [0.1, 0.15) is 20.8 Å². The Morgan fingerprint density at radius 1 is 0.750 bits per heavy atom. The molecule has 0 unspecified atom stereocenters. The second-order valence-corrected chi connectivity index (χ2v) is 12.8. The molecular weight excluding hydrogens is 696 g/mol. The van der Waals surface area contributed by atoms with Gasteiger partial charge >= 0.3 is 5.97 Å². The van der Waals surface area contributed by atoms with E-state index in [-0.39, 0.29) is 33.8 Å². The molecule has 0 aliphatic carbocycles. The zero-order valence-electron chi connectivity index (χ0n) is 28.0. The average molecular weight is 737 g/mol. The maximum absolute atomic E-state index is 14.1. The van der Waals surface area contributed by atoms with E-state index in [2.05, 4.69) is 0 Å². The first-order valence-corrected chi connectivity index (χ1v) is 16.4. The number of carbonyl (C=O) groups is 1. The van der Waals surface area contributed by atoms with Crippen LogP contribution in [0.3, 0.4) is 0 Å². The van der Waals surface area contributed by atoms with Gasteiger partial charge in [-0.2, -0.15) is 0 Å². The van der Waals surface area contributed by atoms with E-state index in [1.807, 2.05) is 0 Å². The molecular formula is C34H40O18. The lowest BCUT2D eigenvalue weighted by Crippen LogP contribution is -2.63. The molecule has 0 spiro atoms. The number of benzene rings is 2. The first-order valence-electron chi connectivity index (χ1n) is 16.4. The summed E-state index contributed by atoms with van der Waals surface area (Å²) in [5.41, 5.74) is -0.538. The molecule has 3 fully saturated rings. The van der Waals surface area contributed by atoms with Crippen molar-refractivity contribution in [3.63, 3.8) is 0 Å². The van der Waals surface area contributed by atoms with Crippen LogP contribution in [0.15, 0.2) is 51.7 Å². The Morgan fingerprint density at radius 2 is 1.40 bits per heavy atom. The largest absolute Gasteiger partial charge is 0.508 e. The fourth-order valence-electron chi connectivity index (χ4n) is 6.15. The van der Waals surface area contributed by atoms with Crippen LogP contribution in [0, 0.1) is 0 Å². The van der Waals surface area contributed by atoms with Gasteiger partial charge in [-0.3, -0.25) is 9.59 Å². The van der Waals surface area contributed by atoms with Crippen molar-refractivity contribution in [2.45, 2.75) is 107 Å². The van der Waals surface area contributed by atoms with Crippen LogP contribution in [0.5, 0.6) is 17.2 Å². The molecule has 0 radical (unpaired) electrons. The fraction of sp³-hybridized carbons (Fsp3) is 0.529. The third-order valence-electron chi connectivity index (χ3n) is 9.04. The molecule has 0 amide bonds. The summed E-state index contributed by atoms with van der Waals surface area (Å²) in [4.78, 5) is 26.1. The second kappa shape index (κ2) is 15.2. The van der Waals surface area contributed by atoms with Gasteiger partial charge in [0.2, 0.25) is 23.8 Å². The van der Waals surface area contributed by atoms with Crippen molar-refractivity contribution in [1.82, 2.24) is 0 Å². The number of hydrogen-bond donors (Lipinski definition) is 8. The van der Waals surface area contributed by atoms with E-state index in [1.165, 1.54) is 56.3 Å². The number of aliphatic hydroxyl groups excluding tert-OH is 7. The minimum absolute atomic E-state index is 0.0318. The highest BCUT2D eigenvalue weighted by Crippen LogP contribution is 2.37. The van der Waals surface area contributed by atoms with E-state index in [1.54, 1.807) is 0 Å². The lowest BCUT2D eigenvalue weighted by molar-refractivity contribution is -0.336. The van der Waals surface area contributed by atoms with Gasteiger partial charge in [0, 0.05) is 18.6 Å². The van der Waals surface area contributed by atoms with E-state index in [9.17, 15) is 50.4 Å². The summed E-state index contributed by atoms with van der Waals surface area (Å²) in [6.45, 7) is 3.66. The number of aliphatic hydroxyl groups is 7. The Labute approximate surface area is 294 Å². The fourth-order valence-corrected chi connectivity index (χ4v) is 6.15. The van der Waals surface area contributed by atoms with Crippen LogP contribution < -0.4 is 14.9 Å². The zero-order valence-corrected chi connectivity index (χ0v) is 28.0. The molecule has 18 heteroatoms.